The molecule has 0 bridgehead atoms. The van der Waals surface area contributed by atoms with Crippen LogP contribution in [0.5, 0.6) is 11.5 Å². The first-order valence-electron chi connectivity index (χ1n) is 7.33. The molecule has 0 aromatic heterocycles. The summed E-state index contributed by atoms with van der Waals surface area (Å²) in [6.45, 7) is 4.72. The smallest absolute Gasteiger partial charge is 0.161 e. The molecule has 1 heterocycles. The normalized spacial score (nSPS) is 22.5. The number of hydrogen-bond acceptors (Lipinski definition) is 4. The molecule has 112 valence electrons. The maximum Gasteiger partial charge on any atom is 0.161 e. The third kappa shape index (κ3) is 3.87. The van der Waals surface area contributed by atoms with Crippen molar-refractivity contribution >= 4 is 0 Å². The molecule has 1 aliphatic rings. The van der Waals surface area contributed by atoms with Gasteiger partial charge in [-0.2, -0.15) is 0 Å². The van der Waals surface area contributed by atoms with Crippen LogP contribution >= 0.6 is 0 Å². The van der Waals surface area contributed by atoms with Crippen molar-refractivity contribution in [2.75, 3.05) is 33.0 Å². The van der Waals surface area contributed by atoms with Gasteiger partial charge in [-0.05, 0) is 38.3 Å². The third-order valence-corrected chi connectivity index (χ3v) is 3.78. The van der Waals surface area contributed by atoms with Crippen molar-refractivity contribution < 1.29 is 19.3 Å². The van der Waals surface area contributed by atoms with E-state index in [1.54, 1.807) is 0 Å². The Hall–Kier alpha value is -1.26. The predicted molar refractivity (Wildman–Crippen MR) is 77.3 cm³/mol. The van der Waals surface area contributed by atoms with Gasteiger partial charge in [0.1, 0.15) is 0 Å². The summed E-state index contributed by atoms with van der Waals surface area (Å²) in [7, 11) is 0. The van der Waals surface area contributed by atoms with E-state index in [1.807, 2.05) is 31.2 Å². The van der Waals surface area contributed by atoms with Crippen LogP contribution in [0, 0.1) is 5.41 Å². The average molecular weight is 280 g/mol. The fraction of sp³-hybridized carbons (Fsp3) is 0.625. The second-order valence-electron chi connectivity index (χ2n) is 5.29. The molecule has 1 aromatic rings. The Balaban J connectivity index is 1.88. The van der Waals surface area contributed by atoms with E-state index in [0.717, 1.165) is 37.4 Å². The number of aliphatic hydroxyl groups excluding tert-OH is 1. The molecule has 20 heavy (non-hydrogen) atoms. The van der Waals surface area contributed by atoms with E-state index in [1.165, 1.54) is 0 Å². The summed E-state index contributed by atoms with van der Waals surface area (Å²) in [4.78, 5) is 0. The highest BCUT2D eigenvalue weighted by Crippen LogP contribution is 2.33. The summed E-state index contributed by atoms with van der Waals surface area (Å²) < 4.78 is 16.9. The van der Waals surface area contributed by atoms with Crippen LogP contribution in [0.3, 0.4) is 0 Å². The average Bonchev–Trinajstić information content (AvgIpc) is 2.50. The second-order valence-corrected chi connectivity index (χ2v) is 5.29. The molecule has 0 spiro atoms. The van der Waals surface area contributed by atoms with Crippen LogP contribution in [0.1, 0.15) is 26.2 Å². The first-order valence-corrected chi connectivity index (χ1v) is 7.33. The first-order chi connectivity index (χ1) is 9.79. The van der Waals surface area contributed by atoms with Crippen LogP contribution in [0.4, 0.5) is 0 Å². The lowest BCUT2D eigenvalue weighted by Crippen LogP contribution is -2.36. The maximum absolute atomic E-state index is 9.62. The zero-order chi connectivity index (χ0) is 14.3. The lowest BCUT2D eigenvalue weighted by atomic mass is 9.80. The Labute approximate surface area is 120 Å². The standard InChI is InChI=1S/C16H24O4/c1-2-19-14-6-3-4-7-15(14)20-11-9-16(12-17)8-5-10-18-13-16/h3-4,6-7,17H,2,5,8-13H2,1H3. The maximum atomic E-state index is 9.62. The van der Waals surface area contributed by atoms with Gasteiger partial charge in [-0.15, -0.1) is 0 Å². The molecule has 1 unspecified atom stereocenters. The highest BCUT2D eigenvalue weighted by Gasteiger charge is 2.32. The summed E-state index contributed by atoms with van der Waals surface area (Å²) in [5.74, 6) is 1.53. The molecule has 0 saturated carbocycles. The summed E-state index contributed by atoms with van der Waals surface area (Å²) in [5.41, 5.74) is -0.140. The molecule has 1 aromatic carbocycles. The van der Waals surface area contributed by atoms with Crippen molar-refractivity contribution in [1.29, 1.82) is 0 Å². The van der Waals surface area contributed by atoms with Crippen LogP contribution < -0.4 is 9.47 Å². The van der Waals surface area contributed by atoms with Crippen molar-refractivity contribution in [1.82, 2.24) is 0 Å². The van der Waals surface area contributed by atoms with Crippen molar-refractivity contribution in [2.45, 2.75) is 26.2 Å². The van der Waals surface area contributed by atoms with Gasteiger partial charge in [0.05, 0.1) is 26.4 Å². The largest absolute Gasteiger partial charge is 0.490 e. The zero-order valence-corrected chi connectivity index (χ0v) is 12.1. The highest BCUT2D eigenvalue weighted by molar-refractivity contribution is 5.39. The van der Waals surface area contributed by atoms with E-state index in [-0.39, 0.29) is 12.0 Å². The van der Waals surface area contributed by atoms with Crippen molar-refractivity contribution in [3.63, 3.8) is 0 Å². The highest BCUT2D eigenvalue weighted by atomic mass is 16.5. The van der Waals surface area contributed by atoms with Gasteiger partial charge >= 0.3 is 0 Å². The minimum absolute atomic E-state index is 0.140. The Morgan fingerprint density at radius 2 is 2.00 bits per heavy atom. The molecule has 1 fully saturated rings. The minimum atomic E-state index is -0.140. The van der Waals surface area contributed by atoms with Gasteiger partial charge < -0.3 is 19.3 Å². The fourth-order valence-electron chi connectivity index (χ4n) is 2.53. The number of benzene rings is 1. The first kappa shape index (κ1) is 15.1. The Morgan fingerprint density at radius 3 is 2.60 bits per heavy atom. The van der Waals surface area contributed by atoms with Gasteiger partial charge in [0.25, 0.3) is 0 Å². The second kappa shape index (κ2) is 7.50. The Morgan fingerprint density at radius 1 is 1.25 bits per heavy atom. The van der Waals surface area contributed by atoms with Gasteiger partial charge in [0, 0.05) is 12.0 Å². The molecule has 2 rings (SSSR count). The molecule has 4 heteroatoms. The van der Waals surface area contributed by atoms with E-state index >= 15 is 0 Å². The van der Waals surface area contributed by atoms with E-state index in [4.69, 9.17) is 14.2 Å². The molecule has 0 aliphatic carbocycles. The summed E-state index contributed by atoms with van der Waals surface area (Å²) in [5, 5.41) is 9.62. The number of para-hydroxylation sites is 2. The summed E-state index contributed by atoms with van der Waals surface area (Å²) in [6.07, 6.45) is 2.81. The third-order valence-electron chi connectivity index (χ3n) is 3.78. The lowest BCUT2D eigenvalue weighted by Gasteiger charge is -2.35. The predicted octanol–water partition coefficient (Wildman–Crippen LogP) is 2.64. The van der Waals surface area contributed by atoms with Crippen molar-refractivity contribution in [2.24, 2.45) is 5.41 Å². The number of hydrogen-bond donors (Lipinski definition) is 1. The summed E-state index contributed by atoms with van der Waals surface area (Å²) in [6, 6.07) is 7.68. The summed E-state index contributed by atoms with van der Waals surface area (Å²) >= 11 is 0. The molecule has 0 amide bonds. The van der Waals surface area contributed by atoms with E-state index in [9.17, 15) is 5.11 Å². The quantitative estimate of drug-likeness (QED) is 0.834. The van der Waals surface area contributed by atoms with Crippen LogP contribution in [0.25, 0.3) is 0 Å². The topological polar surface area (TPSA) is 47.9 Å². The molecule has 0 radical (unpaired) electrons. The van der Waals surface area contributed by atoms with Crippen LogP contribution in [-0.4, -0.2) is 38.1 Å². The van der Waals surface area contributed by atoms with Crippen LogP contribution in [0.2, 0.25) is 0 Å². The Bertz CT molecular complexity index is 399. The molecule has 1 N–H and O–H groups in total. The Kier molecular flexibility index (Phi) is 5.68. The van der Waals surface area contributed by atoms with Gasteiger partial charge in [0.15, 0.2) is 11.5 Å². The van der Waals surface area contributed by atoms with Gasteiger partial charge in [-0.25, -0.2) is 0 Å². The van der Waals surface area contributed by atoms with Crippen molar-refractivity contribution in [3.8, 4) is 11.5 Å². The molecule has 1 aliphatic heterocycles. The fourth-order valence-corrected chi connectivity index (χ4v) is 2.53. The van der Waals surface area contributed by atoms with Gasteiger partial charge in [-0.1, -0.05) is 12.1 Å². The van der Waals surface area contributed by atoms with Gasteiger partial charge in [-0.3, -0.25) is 0 Å². The molecular weight excluding hydrogens is 256 g/mol. The number of aliphatic hydroxyl groups is 1. The van der Waals surface area contributed by atoms with Crippen LogP contribution in [-0.2, 0) is 4.74 Å². The number of rotatable bonds is 7. The monoisotopic (exact) mass is 280 g/mol. The van der Waals surface area contributed by atoms with E-state index in [2.05, 4.69) is 0 Å². The molecule has 1 atom stereocenters. The van der Waals surface area contributed by atoms with Crippen LogP contribution in [0.15, 0.2) is 24.3 Å². The lowest BCUT2D eigenvalue weighted by molar-refractivity contribution is -0.0482. The molecule has 4 nitrogen and oxygen atoms in total. The van der Waals surface area contributed by atoms with Gasteiger partial charge in [0.2, 0.25) is 0 Å². The van der Waals surface area contributed by atoms with E-state index in [0.29, 0.717) is 19.8 Å². The molecule has 1 saturated heterocycles. The van der Waals surface area contributed by atoms with Crippen molar-refractivity contribution in [3.05, 3.63) is 24.3 Å². The number of ether oxygens (including phenoxy) is 3. The SMILES string of the molecule is CCOc1ccccc1OCCC1(CO)CCCOC1. The zero-order valence-electron chi connectivity index (χ0n) is 12.1. The molecular formula is C16H24O4. The minimum Gasteiger partial charge on any atom is -0.490 e. The van der Waals surface area contributed by atoms with E-state index < -0.39 is 0 Å².